The Labute approximate surface area is 117 Å². The van der Waals surface area contributed by atoms with Crippen molar-refractivity contribution in [2.45, 2.75) is 65.4 Å². The maximum Gasteiger partial charge on any atom is 0.166 e. The number of rotatable bonds is 9. The summed E-state index contributed by atoms with van der Waals surface area (Å²) in [6.07, 6.45) is 6.58. The van der Waals surface area contributed by atoms with Gasteiger partial charge in [0.25, 0.3) is 0 Å². The zero-order chi connectivity index (χ0) is 14.1. The Morgan fingerprint density at radius 3 is 2.47 bits per heavy atom. The minimum atomic E-state index is 0.0958. The van der Waals surface area contributed by atoms with E-state index >= 15 is 0 Å². The van der Waals surface area contributed by atoms with Crippen molar-refractivity contribution in [2.24, 2.45) is 0 Å². The smallest absolute Gasteiger partial charge is 0.166 e. The molecular formula is C17H26O2. The molecule has 0 N–H and O–H groups in total. The minimum absolute atomic E-state index is 0.0958. The maximum absolute atomic E-state index is 12.2. The van der Waals surface area contributed by atoms with Crippen molar-refractivity contribution in [3.8, 4) is 5.75 Å². The van der Waals surface area contributed by atoms with Crippen molar-refractivity contribution < 1.29 is 9.53 Å². The van der Waals surface area contributed by atoms with Crippen LogP contribution in [0.1, 0.15) is 69.7 Å². The lowest BCUT2D eigenvalue weighted by molar-refractivity contribution is 0.0973. The molecule has 0 fully saturated rings. The van der Waals surface area contributed by atoms with Gasteiger partial charge in [-0.15, -0.1) is 0 Å². The van der Waals surface area contributed by atoms with Gasteiger partial charge in [0.15, 0.2) is 5.78 Å². The third-order valence-corrected chi connectivity index (χ3v) is 3.06. The van der Waals surface area contributed by atoms with Gasteiger partial charge in [-0.2, -0.15) is 0 Å². The van der Waals surface area contributed by atoms with Gasteiger partial charge in [-0.05, 0) is 32.4 Å². The number of carbonyl (C=O) groups is 1. The molecule has 0 aliphatic rings. The van der Waals surface area contributed by atoms with Gasteiger partial charge < -0.3 is 4.74 Å². The van der Waals surface area contributed by atoms with Gasteiger partial charge in [-0.3, -0.25) is 4.79 Å². The minimum Gasteiger partial charge on any atom is -0.490 e. The second kappa shape index (κ2) is 8.73. The molecule has 19 heavy (non-hydrogen) atoms. The van der Waals surface area contributed by atoms with Gasteiger partial charge in [-0.25, -0.2) is 0 Å². The largest absolute Gasteiger partial charge is 0.490 e. The number of hydrogen-bond donors (Lipinski definition) is 0. The Kier molecular flexibility index (Phi) is 7.24. The molecule has 2 heteroatoms. The van der Waals surface area contributed by atoms with Gasteiger partial charge in [0.1, 0.15) is 5.75 Å². The summed E-state index contributed by atoms with van der Waals surface area (Å²) in [6, 6.07) is 7.56. The molecule has 0 aliphatic heterocycles. The van der Waals surface area contributed by atoms with Crippen LogP contribution in [-0.2, 0) is 0 Å². The van der Waals surface area contributed by atoms with Gasteiger partial charge in [0.05, 0.1) is 11.7 Å². The normalized spacial score (nSPS) is 10.7. The summed E-state index contributed by atoms with van der Waals surface area (Å²) in [5, 5.41) is 0. The molecule has 0 radical (unpaired) electrons. The number of hydrogen-bond acceptors (Lipinski definition) is 2. The first-order valence-corrected chi connectivity index (χ1v) is 7.44. The predicted molar refractivity (Wildman–Crippen MR) is 79.9 cm³/mol. The van der Waals surface area contributed by atoms with Crippen LogP contribution in [0.5, 0.6) is 5.75 Å². The molecule has 106 valence electrons. The molecule has 1 rings (SSSR count). The Morgan fingerprint density at radius 2 is 1.79 bits per heavy atom. The number of carbonyl (C=O) groups excluding carboxylic acids is 1. The van der Waals surface area contributed by atoms with Crippen LogP contribution in [0, 0.1) is 0 Å². The van der Waals surface area contributed by atoms with Crippen LogP contribution in [-0.4, -0.2) is 11.9 Å². The number of ether oxygens (including phenoxy) is 1. The topological polar surface area (TPSA) is 26.3 Å². The fourth-order valence-corrected chi connectivity index (χ4v) is 2.08. The van der Waals surface area contributed by atoms with Crippen molar-refractivity contribution in [2.75, 3.05) is 0 Å². The number of para-hydroxylation sites is 1. The van der Waals surface area contributed by atoms with Gasteiger partial charge in [0, 0.05) is 6.42 Å². The lowest BCUT2D eigenvalue weighted by atomic mass is 10.0. The van der Waals surface area contributed by atoms with Crippen molar-refractivity contribution in [3.63, 3.8) is 0 Å². The van der Waals surface area contributed by atoms with Crippen LogP contribution < -0.4 is 4.74 Å². The van der Waals surface area contributed by atoms with E-state index in [0.717, 1.165) is 24.2 Å². The molecule has 1 aromatic rings. The second-order valence-corrected chi connectivity index (χ2v) is 5.25. The molecule has 0 heterocycles. The molecule has 2 nitrogen and oxygen atoms in total. The highest BCUT2D eigenvalue weighted by molar-refractivity contribution is 5.98. The average molecular weight is 262 g/mol. The summed E-state index contributed by atoms with van der Waals surface area (Å²) in [5.41, 5.74) is 0.728. The molecule has 0 amide bonds. The monoisotopic (exact) mass is 262 g/mol. The molecule has 0 spiro atoms. The SMILES string of the molecule is CCCCCCCC(=O)c1ccccc1OC(C)C. The lowest BCUT2D eigenvalue weighted by Crippen LogP contribution is -2.10. The molecule has 0 aromatic heterocycles. The fourth-order valence-electron chi connectivity index (χ4n) is 2.08. The van der Waals surface area contributed by atoms with E-state index in [1.807, 2.05) is 38.1 Å². The first-order valence-electron chi connectivity index (χ1n) is 7.44. The molecule has 0 saturated carbocycles. The predicted octanol–water partition coefficient (Wildman–Crippen LogP) is 5.02. The highest BCUT2D eigenvalue weighted by Gasteiger charge is 2.12. The summed E-state index contributed by atoms with van der Waals surface area (Å²) in [6.45, 7) is 6.16. The molecular weight excluding hydrogens is 236 g/mol. The van der Waals surface area contributed by atoms with E-state index in [1.165, 1.54) is 19.3 Å². The quantitative estimate of drug-likeness (QED) is 0.461. The summed E-state index contributed by atoms with van der Waals surface area (Å²) in [5.74, 6) is 0.920. The van der Waals surface area contributed by atoms with Crippen LogP contribution in [0.3, 0.4) is 0 Å². The van der Waals surface area contributed by atoms with E-state index in [0.29, 0.717) is 6.42 Å². The molecule has 0 aliphatic carbocycles. The molecule has 1 aromatic carbocycles. The van der Waals surface area contributed by atoms with Crippen LogP contribution >= 0.6 is 0 Å². The second-order valence-electron chi connectivity index (χ2n) is 5.25. The Bertz CT molecular complexity index is 383. The van der Waals surface area contributed by atoms with Gasteiger partial charge in [0.2, 0.25) is 0 Å². The number of benzene rings is 1. The van der Waals surface area contributed by atoms with Gasteiger partial charge >= 0.3 is 0 Å². The van der Waals surface area contributed by atoms with E-state index in [-0.39, 0.29) is 11.9 Å². The van der Waals surface area contributed by atoms with E-state index in [2.05, 4.69) is 6.92 Å². The third-order valence-electron chi connectivity index (χ3n) is 3.06. The zero-order valence-corrected chi connectivity index (χ0v) is 12.4. The molecule has 0 saturated heterocycles. The molecule has 0 unspecified atom stereocenters. The Hall–Kier alpha value is -1.31. The van der Waals surface area contributed by atoms with E-state index < -0.39 is 0 Å². The van der Waals surface area contributed by atoms with Gasteiger partial charge in [-0.1, -0.05) is 44.7 Å². The number of unbranched alkanes of at least 4 members (excludes halogenated alkanes) is 4. The van der Waals surface area contributed by atoms with Crippen molar-refractivity contribution in [1.82, 2.24) is 0 Å². The van der Waals surface area contributed by atoms with Crippen LogP contribution in [0.2, 0.25) is 0 Å². The third kappa shape index (κ3) is 5.91. The summed E-state index contributed by atoms with van der Waals surface area (Å²) < 4.78 is 5.69. The van der Waals surface area contributed by atoms with E-state index in [9.17, 15) is 4.79 Å². The lowest BCUT2D eigenvalue weighted by Gasteiger charge is -2.13. The number of ketones is 1. The Morgan fingerprint density at radius 1 is 1.11 bits per heavy atom. The van der Waals surface area contributed by atoms with Crippen molar-refractivity contribution in [1.29, 1.82) is 0 Å². The standard InChI is InChI=1S/C17H26O2/c1-4-5-6-7-8-12-16(18)15-11-9-10-13-17(15)19-14(2)3/h9-11,13-14H,4-8,12H2,1-3H3. The average Bonchev–Trinajstić information content (AvgIpc) is 2.38. The maximum atomic E-state index is 12.2. The van der Waals surface area contributed by atoms with Crippen LogP contribution in [0.4, 0.5) is 0 Å². The highest BCUT2D eigenvalue weighted by atomic mass is 16.5. The molecule has 0 atom stereocenters. The number of Topliss-reactive ketones (excluding diaryl/α,β-unsaturated/α-hetero) is 1. The first kappa shape index (κ1) is 15.7. The fraction of sp³-hybridized carbons (Fsp3) is 0.588. The summed E-state index contributed by atoms with van der Waals surface area (Å²) in [7, 11) is 0. The summed E-state index contributed by atoms with van der Waals surface area (Å²) >= 11 is 0. The highest BCUT2D eigenvalue weighted by Crippen LogP contribution is 2.22. The van der Waals surface area contributed by atoms with Crippen molar-refractivity contribution in [3.05, 3.63) is 29.8 Å². The van der Waals surface area contributed by atoms with Crippen LogP contribution in [0.25, 0.3) is 0 Å². The zero-order valence-electron chi connectivity index (χ0n) is 12.4. The Balaban J connectivity index is 2.51. The van der Waals surface area contributed by atoms with Crippen molar-refractivity contribution >= 4 is 5.78 Å². The summed E-state index contributed by atoms with van der Waals surface area (Å²) in [4.78, 5) is 12.2. The van der Waals surface area contributed by atoms with E-state index in [4.69, 9.17) is 4.74 Å². The molecule has 0 bridgehead atoms. The van der Waals surface area contributed by atoms with E-state index in [1.54, 1.807) is 0 Å². The first-order chi connectivity index (χ1) is 9.15. The van der Waals surface area contributed by atoms with Crippen LogP contribution in [0.15, 0.2) is 24.3 Å².